The van der Waals surface area contributed by atoms with Crippen molar-refractivity contribution in [3.8, 4) is 11.5 Å². The molecule has 0 spiro atoms. The van der Waals surface area contributed by atoms with Crippen molar-refractivity contribution in [3.63, 3.8) is 0 Å². The highest BCUT2D eigenvalue weighted by Crippen LogP contribution is 2.28. The molecule has 0 bridgehead atoms. The van der Waals surface area contributed by atoms with Crippen molar-refractivity contribution < 1.29 is 9.47 Å². The van der Waals surface area contributed by atoms with Gasteiger partial charge in [-0.1, -0.05) is 32.6 Å². The topological polar surface area (TPSA) is 42.5 Å². The van der Waals surface area contributed by atoms with Gasteiger partial charge in [0.1, 0.15) is 11.5 Å². The second kappa shape index (κ2) is 10.3. The molecule has 0 amide bonds. The van der Waals surface area contributed by atoms with Crippen LogP contribution in [0.1, 0.15) is 39.0 Å². The highest BCUT2D eigenvalue weighted by atomic mass is 32.1. The monoisotopic (exact) mass is 310 g/mol. The summed E-state index contributed by atoms with van der Waals surface area (Å²) in [5.41, 5.74) is 0.835. The molecule has 118 valence electrons. The van der Waals surface area contributed by atoms with Crippen molar-refractivity contribution in [3.05, 3.63) is 18.2 Å². The number of anilines is 1. The average Bonchev–Trinajstić information content (AvgIpc) is 2.51. The van der Waals surface area contributed by atoms with Crippen molar-refractivity contribution in [2.75, 3.05) is 26.1 Å². The molecule has 0 aliphatic heterocycles. The number of hydrogen-bond donors (Lipinski definition) is 2. The van der Waals surface area contributed by atoms with Gasteiger partial charge in [0, 0.05) is 12.6 Å². The maximum Gasteiger partial charge on any atom is 0.170 e. The molecule has 0 saturated carbocycles. The smallest absolute Gasteiger partial charge is 0.170 e. The number of nitrogens with one attached hydrogen (secondary N) is 2. The van der Waals surface area contributed by atoms with E-state index < -0.39 is 0 Å². The fourth-order valence-corrected chi connectivity index (χ4v) is 2.21. The second-order valence-electron chi connectivity index (χ2n) is 4.86. The van der Waals surface area contributed by atoms with E-state index in [0.717, 1.165) is 24.4 Å². The van der Waals surface area contributed by atoms with Crippen molar-refractivity contribution in [2.45, 2.75) is 39.0 Å². The molecule has 0 aliphatic carbocycles. The van der Waals surface area contributed by atoms with Crippen LogP contribution in [0.4, 0.5) is 5.69 Å². The van der Waals surface area contributed by atoms with E-state index in [1.54, 1.807) is 14.2 Å². The third-order valence-corrected chi connectivity index (χ3v) is 3.47. The molecule has 0 aliphatic rings. The SMILES string of the molecule is CCCCCCCNC(=S)Nc1ccc(OC)cc1OC. The minimum absolute atomic E-state index is 0.619. The number of thiocarbonyl (C=S) groups is 1. The summed E-state index contributed by atoms with van der Waals surface area (Å²) in [5.74, 6) is 1.47. The van der Waals surface area contributed by atoms with Gasteiger partial charge in [-0.2, -0.15) is 0 Å². The van der Waals surface area contributed by atoms with Gasteiger partial charge in [0.15, 0.2) is 5.11 Å². The Morgan fingerprint density at radius 2 is 1.86 bits per heavy atom. The zero-order valence-corrected chi connectivity index (χ0v) is 14.0. The van der Waals surface area contributed by atoms with Crippen molar-refractivity contribution in [1.82, 2.24) is 5.32 Å². The van der Waals surface area contributed by atoms with Crippen molar-refractivity contribution in [2.24, 2.45) is 0 Å². The number of ether oxygens (including phenoxy) is 2. The Morgan fingerprint density at radius 3 is 2.52 bits per heavy atom. The van der Waals surface area contributed by atoms with Gasteiger partial charge >= 0.3 is 0 Å². The molecule has 1 aromatic rings. The van der Waals surface area contributed by atoms with E-state index in [4.69, 9.17) is 21.7 Å². The van der Waals surface area contributed by atoms with E-state index >= 15 is 0 Å². The first-order chi connectivity index (χ1) is 10.2. The molecular weight excluding hydrogens is 284 g/mol. The van der Waals surface area contributed by atoms with Gasteiger partial charge in [0.25, 0.3) is 0 Å². The number of benzene rings is 1. The van der Waals surface area contributed by atoms with E-state index in [2.05, 4.69) is 17.6 Å². The predicted molar refractivity (Wildman–Crippen MR) is 92.5 cm³/mol. The minimum atomic E-state index is 0.619. The summed E-state index contributed by atoms with van der Waals surface area (Å²) in [7, 11) is 3.26. The van der Waals surface area contributed by atoms with Crippen LogP contribution >= 0.6 is 12.2 Å². The van der Waals surface area contributed by atoms with Gasteiger partial charge in [-0.25, -0.2) is 0 Å². The normalized spacial score (nSPS) is 10.0. The molecule has 0 atom stereocenters. The lowest BCUT2D eigenvalue weighted by atomic mass is 10.1. The third kappa shape index (κ3) is 6.67. The maximum absolute atomic E-state index is 5.33. The lowest BCUT2D eigenvalue weighted by Crippen LogP contribution is -2.29. The fourth-order valence-electron chi connectivity index (χ4n) is 2.00. The van der Waals surface area contributed by atoms with Crippen LogP contribution in [0.25, 0.3) is 0 Å². The zero-order chi connectivity index (χ0) is 15.5. The Labute approximate surface area is 133 Å². The Hall–Kier alpha value is -1.49. The van der Waals surface area contributed by atoms with Crippen LogP contribution in [-0.2, 0) is 0 Å². The Bertz CT molecular complexity index is 438. The van der Waals surface area contributed by atoms with Crippen LogP contribution < -0.4 is 20.1 Å². The molecule has 0 fully saturated rings. The highest BCUT2D eigenvalue weighted by molar-refractivity contribution is 7.80. The average molecular weight is 310 g/mol. The lowest BCUT2D eigenvalue weighted by Gasteiger charge is -2.14. The standard InChI is InChI=1S/C16H26N2O2S/c1-4-5-6-7-8-11-17-16(21)18-14-10-9-13(19-2)12-15(14)20-3/h9-10,12H,4-8,11H2,1-3H3,(H2,17,18,21). The highest BCUT2D eigenvalue weighted by Gasteiger charge is 2.06. The van der Waals surface area contributed by atoms with Gasteiger partial charge < -0.3 is 20.1 Å². The van der Waals surface area contributed by atoms with Gasteiger partial charge in [-0.3, -0.25) is 0 Å². The van der Waals surface area contributed by atoms with Gasteiger partial charge in [-0.05, 0) is 30.8 Å². The molecule has 0 heterocycles. The van der Waals surface area contributed by atoms with E-state index in [0.29, 0.717) is 10.9 Å². The quantitative estimate of drug-likeness (QED) is 0.534. The van der Waals surface area contributed by atoms with E-state index in [1.165, 1.54) is 25.7 Å². The molecule has 2 N–H and O–H groups in total. The summed E-state index contributed by atoms with van der Waals surface area (Å²) >= 11 is 5.30. The molecule has 5 heteroatoms. The molecule has 21 heavy (non-hydrogen) atoms. The summed E-state index contributed by atoms with van der Waals surface area (Å²) in [6.45, 7) is 3.12. The van der Waals surface area contributed by atoms with Gasteiger partial charge in [0.2, 0.25) is 0 Å². The molecular formula is C16H26N2O2S. The molecule has 0 saturated heterocycles. The van der Waals surface area contributed by atoms with Crippen molar-refractivity contribution >= 4 is 23.0 Å². The summed E-state index contributed by atoms with van der Waals surface area (Å²) in [4.78, 5) is 0. The van der Waals surface area contributed by atoms with E-state index in [1.807, 2.05) is 18.2 Å². The van der Waals surface area contributed by atoms with Crippen LogP contribution in [0.15, 0.2) is 18.2 Å². The summed E-state index contributed by atoms with van der Waals surface area (Å²) in [6, 6.07) is 5.60. The number of rotatable bonds is 9. The lowest BCUT2D eigenvalue weighted by molar-refractivity contribution is 0.395. The Kier molecular flexibility index (Phi) is 8.59. The first kappa shape index (κ1) is 17.6. The number of unbranched alkanes of at least 4 members (excludes halogenated alkanes) is 4. The molecule has 1 aromatic carbocycles. The second-order valence-corrected chi connectivity index (χ2v) is 5.27. The first-order valence-corrected chi connectivity index (χ1v) is 7.89. The van der Waals surface area contributed by atoms with Crippen LogP contribution in [0.5, 0.6) is 11.5 Å². The largest absolute Gasteiger partial charge is 0.497 e. The van der Waals surface area contributed by atoms with Crippen LogP contribution in [0.3, 0.4) is 0 Å². The van der Waals surface area contributed by atoms with Crippen molar-refractivity contribution in [1.29, 1.82) is 0 Å². The number of hydrogen-bond acceptors (Lipinski definition) is 3. The fraction of sp³-hybridized carbons (Fsp3) is 0.562. The molecule has 4 nitrogen and oxygen atoms in total. The van der Waals surface area contributed by atoms with Gasteiger partial charge in [0.05, 0.1) is 19.9 Å². The molecule has 0 aromatic heterocycles. The summed E-state index contributed by atoms with van der Waals surface area (Å²) < 4.78 is 10.5. The molecule has 0 radical (unpaired) electrons. The van der Waals surface area contributed by atoms with Gasteiger partial charge in [-0.15, -0.1) is 0 Å². The zero-order valence-electron chi connectivity index (χ0n) is 13.2. The minimum Gasteiger partial charge on any atom is -0.497 e. The molecule has 1 rings (SSSR count). The third-order valence-electron chi connectivity index (χ3n) is 3.22. The Balaban J connectivity index is 2.37. The van der Waals surface area contributed by atoms with Crippen LogP contribution in [0, 0.1) is 0 Å². The van der Waals surface area contributed by atoms with Crippen LogP contribution in [0.2, 0.25) is 0 Å². The summed E-state index contributed by atoms with van der Waals surface area (Å²) in [6.07, 6.45) is 6.26. The van der Waals surface area contributed by atoms with E-state index in [9.17, 15) is 0 Å². The van der Waals surface area contributed by atoms with Crippen LogP contribution in [-0.4, -0.2) is 25.9 Å². The Morgan fingerprint density at radius 1 is 1.10 bits per heavy atom. The number of methoxy groups -OCH3 is 2. The summed E-state index contributed by atoms with van der Waals surface area (Å²) in [5, 5.41) is 7.00. The van der Waals surface area contributed by atoms with E-state index in [-0.39, 0.29) is 0 Å². The molecule has 0 unspecified atom stereocenters. The predicted octanol–water partition coefficient (Wildman–Crippen LogP) is 3.96. The maximum atomic E-state index is 5.33. The first-order valence-electron chi connectivity index (χ1n) is 7.48.